The average Bonchev–Trinajstić information content (AvgIpc) is 3.06. The van der Waals surface area contributed by atoms with Gasteiger partial charge in [-0.15, -0.1) is 5.10 Å². The summed E-state index contributed by atoms with van der Waals surface area (Å²) in [5, 5.41) is 8.54. The number of anilines is 1. The molecule has 1 atom stereocenters. The van der Waals surface area contributed by atoms with Crippen LogP contribution in [0.4, 0.5) is 5.00 Å². The molecule has 1 aromatic rings. The Bertz CT molecular complexity index is 438. The highest BCUT2D eigenvalue weighted by Gasteiger charge is 2.32. The molecule has 0 saturated carbocycles. The van der Waals surface area contributed by atoms with Gasteiger partial charge < -0.3 is 10.1 Å². The highest BCUT2D eigenvalue weighted by atomic mass is 32.1. The molecule has 112 valence electrons. The topological polar surface area (TPSA) is 67.4 Å². The van der Waals surface area contributed by atoms with Crippen molar-refractivity contribution >= 4 is 22.5 Å². The van der Waals surface area contributed by atoms with Crippen LogP contribution in [0.3, 0.4) is 0 Å². The van der Waals surface area contributed by atoms with Crippen molar-refractivity contribution in [1.29, 1.82) is 0 Å². The van der Waals surface area contributed by atoms with Crippen molar-refractivity contribution < 1.29 is 9.53 Å². The Morgan fingerprint density at radius 3 is 3.15 bits per heavy atom. The number of hydrogen-bond donors (Lipinski definition) is 1. The Morgan fingerprint density at radius 2 is 2.40 bits per heavy atom. The monoisotopic (exact) mass is 298 g/mol. The first-order chi connectivity index (χ1) is 9.76. The number of carbonyl (C=O) groups excluding carboxylic acids is 1. The van der Waals surface area contributed by atoms with Crippen molar-refractivity contribution in [1.82, 2.24) is 14.5 Å². The molecule has 0 aromatic carbocycles. The Balaban J connectivity index is 1.98. The normalized spacial score (nSPS) is 19.2. The minimum absolute atomic E-state index is 0.115. The van der Waals surface area contributed by atoms with Crippen molar-refractivity contribution in [3.63, 3.8) is 0 Å². The van der Waals surface area contributed by atoms with Gasteiger partial charge in [0.15, 0.2) is 0 Å². The standard InChI is InChI=1S/C13H22N4O2S/c1-3-7-14-12-10(15-16-20-12)9-17-8-5-6-11(17)13(18)19-4-2/h11,14H,3-9H2,1-2H3. The molecule has 20 heavy (non-hydrogen) atoms. The summed E-state index contributed by atoms with van der Waals surface area (Å²) in [5.41, 5.74) is 0.930. The van der Waals surface area contributed by atoms with E-state index in [4.69, 9.17) is 4.74 Å². The number of nitrogens with one attached hydrogen (secondary N) is 1. The third kappa shape index (κ3) is 3.67. The molecule has 1 aliphatic heterocycles. The number of nitrogens with zero attached hydrogens (tertiary/aromatic N) is 3. The second-order valence-electron chi connectivity index (χ2n) is 4.86. The molecule has 2 heterocycles. The van der Waals surface area contributed by atoms with Crippen LogP contribution in [0.25, 0.3) is 0 Å². The molecule has 1 fully saturated rings. The van der Waals surface area contributed by atoms with Gasteiger partial charge in [0, 0.05) is 24.6 Å². The van der Waals surface area contributed by atoms with Crippen molar-refractivity contribution in [2.45, 2.75) is 45.7 Å². The summed E-state index contributed by atoms with van der Waals surface area (Å²) >= 11 is 1.38. The van der Waals surface area contributed by atoms with E-state index >= 15 is 0 Å². The summed E-state index contributed by atoms with van der Waals surface area (Å²) in [6, 6.07) is -0.129. The van der Waals surface area contributed by atoms with Crippen LogP contribution in [0.1, 0.15) is 38.8 Å². The maximum Gasteiger partial charge on any atom is 0.323 e. The van der Waals surface area contributed by atoms with Crippen molar-refractivity contribution in [3.8, 4) is 0 Å². The molecule has 0 aliphatic carbocycles. The number of hydrogen-bond acceptors (Lipinski definition) is 7. The zero-order valence-electron chi connectivity index (χ0n) is 12.1. The van der Waals surface area contributed by atoms with Crippen LogP contribution in [0.2, 0.25) is 0 Å². The van der Waals surface area contributed by atoms with E-state index in [0.29, 0.717) is 13.2 Å². The molecule has 7 heteroatoms. The Morgan fingerprint density at radius 1 is 1.55 bits per heavy atom. The Labute approximate surface area is 123 Å². The van der Waals surface area contributed by atoms with E-state index in [1.807, 2.05) is 6.92 Å². The molecular formula is C13H22N4O2S. The van der Waals surface area contributed by atoms with Gasteiger partial charge in [0.1, 0.15) is 16.7 Å². The van der Waals surface area contributed by atoms with Crippen LogP contribution in [-0.4, -0.2) is 46.2 Å². The summed E-state index contributed by atoms with van der Waals surface area (Å²) < 4.78 is 9.15. The van der Waals surface area contributed by atoms with E-state index < -0.39 is 0 Å². The van der Waals surface area contributed by atoms with Gasteiger partial charge in [0.05, 0.1) is 6.61 Å². The number of aromatic nitrogens is 2. The quantitative estimate of drug-likeness (QED) is 0.775. The van der Waals surface area contributed by atoms with Crippen molar-refractivity contribution in [2.24, 2.45) is 0 Å². The fourth-order valence-electron chi connectivity index (χ4n) is 2.40. The zero-order valence-corrected chi connectivity index (χ0v) is 12.9. The summed E-state index contributed by atoms with van der Waals surface area (Å²) in [6.07, 6.45) is 2.96. The summed E-state index contributed by atoms with van der Waals surface area (Å²) in [7, 11) is 0. The predicted octanol–water partition coefficient (Wildman–Crippen LogP) is 1.89. The summed E-state index contributed by atoms with van der Waals surface area (Å²) in [4.78, 5) is 14.1. The van der Waals surface area contributed by atoms with Gasteiger partial charge in [-0.2, -0.15) is 0 Å². The third-order valence-electron chi connectivity index (χ3n) is 3.37. The molecule has 6 nitrogen and oxygen atoms in total. The molecule has 0 amide bonds. The first kappa shape index (κ1) is 15.2. The van der Waals surface area contributed by atoms with Crippen molar-refractivity contribution in [2.75, 3.05) is 25.0 Å². The van der Waals surface area contributed by atoms with E-state index in [1.54, 1.807) is 0 Å². The van der Waals surface area contributed by atoms with E-state index in [2.05, 4.69) is 26.7 Å². The number of rotatable bonds is 7. The number of ether oxygens (including phenoxy) is 1. The zero-order chi connectivity index (χ0) is 14.4. The number of esters is 1. The SMILES string of the molecule is CCCNc1snnc1CN1CCCC1C(=O)OCC. The number of likely N-dealkylation sites (tertiary alicyclic amines) is 1. The second kappa shape index (κ2) is 7.54. The minimum Gasteiger partial charge on any atom is -0.465 e. The Hall–Kier alpha value is -1.21. The van der Waals surface area contributed by atoms with Gasteiger partial charge in [-0.25, -0.2) is 0 Å². The Kier molecular flexibility index (Phi) is 5.72. The molecule has 1 N–H and O–H groups in total. The lowest BCUT2D eigenvalue weighted by atomic mass is 10.2. The number of carbonyl (C=O) groups is 1. The van der Waals surface area contributed by atoms with Gasteiger partial charge >= 0.3 is 5.97 Å². The molecular weight excluding hydrogens is 276 g/mol. The fourth-order valence-corrected chi connectivity index (χ4v) is 3.00. The van der Waals surface area contributed by atoms with Crippen LogP contribution in [0, 0.1) is 0 Å². The van der Waals surface area contributed by atoms with Gasteiger partial charge in [-0.1, -0.05) is 11.4 Å². The van der Waals surface area contributed by atoms with Crippen molar-refractivity contribution in [3.05, 3.63) is 5.69 Å². The lowest BCUT2D eigenvalue weighted by Gasteiger charge is -2.22. The largest absolute Gasteiger partial charge is 0.465 e. The summed E-state index contributed by atoms with van der Waals surface area (Å²) in [6.45, 7) is 6.88. The lowest BCUT2D eigenvalue weighted by molar-refractivity contribution is -0.148. The molecule has 0 bridgehead atoms. The first-order valence-electron chi connectivity index (χ1n) is 7.22. The van der Waals surface area contributed by atoms with Gasteiger partial charge in [-0.3, -0.25) is 9.69 Å². The van der Waals surface area contributed by atoms with Crippen LogP contribution >= 0.6 is 11.5 Å². The molecule has 0 spiro atoms. The van der Waals surface area contributed by atoms with Crippen LogP contribution in [0.5, 0.6) is 0 Å². The predicted molar refractivity (Wildman–Crippen MR) is 78.8 cm³/mol. The van der Waals surface area contributed by atoms with Gasteiger partial charge in [-0.05, 0) is 32.7 Å². The molecule has 1 saturated heterocycles. The molecule has 2 rings (SSSR count). The van der Waals surface area contributed by atoms with Crippen LogP contribution in [0.15, 0.2) is 0 Å². The van der Waals surface area contributed by atoms with E-state index in [1.165, 1.54) is 11.5 Å². The highest BCUT2D eigenvalue weighted by Crippen LogP contribution is 2.25. The molecule has 1 unspecified atom stereocenters. The molecule has 1 aromatic heterocycles. The minimum atomic E-state index is -0.129. The van der Waals surface area contributed by atoms with Crippen LogP contribution in [-0.2, 0) is 16.1 Å². The van der Waals surface area contributed by atoms with Gasteiger partial charge in [0.2, 0.25) is 0 Å². The maximum absolute atomic E-state index is 11.9. The van der Waals surface area contributed by atoms with E-state index in [0.717, 1.165) is 43.0 Å². The lowest BCUT2D eigenvalue weighted by Crippen LogP contribution is -2.37. The fraction of sp³-hybridized carbons (Fsp3) is 0.769. The third-order valence-corrected chi connectivity index (χ3v) is 4.09. The average molecular weight is 298 g/mol. The first-order valence-corrected chi connectivity index (χ1v) is 7.99. The second-order valence-corrected chi connectivity index (χ2v) is 5.61. The summed E-state index contributed by atoms with van der Waals surface area (Å²) in [5.74, 6) is -0.115. The molecule has 1 aliphatic rings. The van der Waals surface area contributed by atoms with E-state index in [-0.39, 0.29) is 12.0 Å². The molecule has 0 radical (unpaired) electrons. The van der Waals surface area contributed by atoms with Crippen LogP contribution < -0.4 is 5.32 Å². The van der Waals surface area contributed by atoms with Gasteiger partial charge in [0.25, 0.3) is 0 Å². The van der Waals surface area contributed by atoms with E-state index in [9.17, 15) is 4.79 Å². The smallest absolute Gasteiger partial charge is 0.323 e. The maximum atomic E-state index is 11.9. The highest BCUT2D eigenvalue weighted by molar-refractivity contribution is 7.10.